The van der Waals surface area contributed by atoms with Crippen LogP contribution in [0.1, 0.15) is 11.3 Å². The van der Waals surface area contributed by atoms with Gasteiger partial charge in [0.1, 0.15) is 6.07 Å². The lowest BCUT2D eigenvalue weighted by atomic mass is 9.93. The highest BCUT2D eigenvalue weighted by Crippen LogP contribution is 2.39. The van der Waals surface area contributed by atoms with Gasteiger partial charge in [0.05, 0.1) is 16.6 Å². The zero-order chi connectivity index (χ0) is 23.1. The number of halogens is 2. The number of fused-ring (bicyclic) bond motifs is 1. The van der Waals surface area contributed by atoms with Crippen LogP contribution in [0.15, 0.2) is 36.4 Å². The van der Waals surface area contributed by atoms with Crippen molar-refractivity contribution in [1.82, 2.24) is 20.5 Å². The van der Waals surface area contributed by atoms with Crippen molar-refractivity contribution in [2.75, 3.05) is 31.1 Å². The summed E-state index contributed by atoms with van der Waals surface area (Å²) in [7, 11) is 0. The molecule has 3 N–H and O–H groups in total. The Balaban J connectivity index is 1.73. The molecule has 7 nitrogen and oxygen atoms in total. The van der Waals surface area contributed by atoms with Crippen LogP contribution in [0.4, 0.5) is 14.5 Å². The molecular formula is C24H20F2N6O. The number of piperazine rings is 1. The molecule has 33 heavy (non-hydrogen) atoms. The molecule has 5 rings (SSSR count). The molecule has 0 aliphatic carbocycles. The molecule has 1 aliphatic heterocycles. The van der Waals surface area contributed by atoms with Gasteiger partial charge in [-0.1, -0.05) is 12.1 Å². The highest BCUT2D eigenvalue weighted by Gasteiger charge is 2.25. The van der Waals surface area contributed by atoms with Gasteiger partial charge in [0.2, 0.25) is 5.82 Å². The smallest absolute Gasteiger partial charge is 0.201 e. The molecule has 0 saturated carbocycles. The molecule has 0 bridgehead atoms. The number of aromatic amines is 1. The SMILES string of the molecule is Cc1[nH]nc2nc(-c3ccc(O)c(F)c3F)c(C#N)c(-c3ccc(N4CCNCC4)cc3)c12. The number of nitriles is 1. The Morgan fingerprint density at radius 1 is 1.06 bits per heavy atom. The van der Waals surface area contributed by atoms with Gasteiger partial charge in [0.15, 0.2) is 17.2 Å². The molecule has 0 atom stereocenters. The molecule has 9 heteroatoms. The predicted molar refractivity (Wildman–Crippen MR) is 121 cm³/mol. The zero-order valence-electron chi connectivity index (χ0n) is 17.8. The molecule has 0 spiro atoms. The summed E-state index contributed by atoms with van der Waals surface area (Å²) in [5, 5.41) is 30.6. The van der Waals surface area contributed by atoms with Crippen LogP contribution in [-0.2, 0) is 0 Å². The Kier molecular flexibility index (Phi) is 5.15. The molecule has 0 radical (unpaired) electrons. The van der Waals surface area contributed by atoms with Gasteiger partial charge in [-0.15, -0.1) is 0 Å². The lowest BCUT2D eigenvalue weighted by Crippen LogP contribution is -2.43. The Hall–Kier alpha value is -4.03. The Labute approximate surface area is 188 Å². The number of nitrogens with zero attached hydrogens (tertiary/aromatic N) is 4. The van der Waals surface area contributed by atoms with E-state index in [4.69, 9.17) is 0 Å². The lowest BCUT2D eigenvalue weighted by Gasteiger charge is -2.29. The fraction of sp³-hybridized carbons (Fsp3) is 0.208. The molecule has 3 heterocycles. The van der Waals surface area contributed by atoms with Gasteiger partial charge in [0, 0.05) is 48.7 Å². The number of hydrogen-bond donors (Lipinski definition) is 3. The number of H-pyrrole nitrogens is 1. The van der Waals surface area contributed by atoms with Crippen molar-refractivity contribution in [3.05, 3.63) is 59.3 Å². The third-order valence-electron chi connectivity index (χ3n) is 5.95. The van der Waals surface area contributed by atoms with Crippen molar-refractivity contribution in [2.24, 2.45) is 0 Å². The van der Waals surface area contributed by atoms with Crippen LogP contribution in [-0.4, -0.2) is 46.5 Å². The van der Waals surface area contributed by atoms with Crippen LogP contribution in [0.2, 0.25) is 0 Å². The van der Waals surface area contributed by atoms with Crippen LogP contribution in [0.3, 0.4) is 0 Å². The molecule has 1 aliphatic rings. The average molecular weight is 446 g/mol. The van der Waals surface area contributed by atoms with Crippen molar-refractivity contribution >= 4 is 16.7 Å². The first-order valence-electron chi connectivity index (χ1n) is 10.5. The highest BCUT2D eigenvalue weighted by atomic mass is 19.2. The van der Waals surface area contributed by atoms with Crippen LogP contribution < -0.4 is 10.2 Å². The Morgan fingerprint density at radius 3 is 2.48 bits per heavy atom. The minimum absolute atomic E-state index is 0.0333. The number of phenols is 1. The van der Waals surface area contributed by atoms with Gasteiger partial charge in [0.25, 0.3) is 0 Å². The van der Waals surface area contributed by atoms with E-state index in [0.717, 1.165) is 43.5 Å². The second-order valence-corrected chi connectivity index (χ2v) is 7.91. The number of aryl methyl sites for hydroxylation is 1. The van der Waals surface area contributed by atoms with E-state index >= 15 is 0 Å². The molecule has 4 aromatic rings. The third kappa shape index (κ3) is 3.45. The van der Waals surface area contributed by atoms with E-state index in [0.29, 0.717) is 16.6 Å². The van der Waals surface area contributed by atoms with Crippen molar-refractivity contribution < 1.29 is 13.9 Å². The summed E-state index contributed by atoms with van der Waals surface area (Å²) in [5.74, 6) is -3.47. The monoisotopic (exact) mass is 446 g/mol. The number of hydrogen-bond acceptors (Lipinski definition) is 6. The topological polar surface area (TPSA) is 101 Å². The Bertz CT molecular complexity index is 1400. The number of benzene rings is 2. The largest absolute Gasteiger partial charge is 0.505 e. The Morgan fingerprint density at radius 2 is 1.79 bits per heavy atom. The number of phenolic OH excluding ortho intramolecular Hbond substituents is 1. The average Bonchev–Trinajstić information content (AvgIpc) is 3.22. The predicted octanol–water partition coefficient (Wildman–Crippen LogP) is 3.87. The number of rotatable bonds is 3. The maximum Gasteiger partial charge on any atom is 0.201 e. The fourth-order valence-electron chi connectivity index (χ4n) is 4.28. The molecule has 0 amide bonds. The van der Waals surface area contributed by atoms with Gasteiger partial charge >= 0.3 is 0 Å². The summed E-state index contributed by atoms with van der Waals surface area (Å²) in [6, 6.07) is 12.2. The van der Waals surface area contributed by atoms with E-state index < -0.39 is 17.4 Å². The van der Waals surface area contributed by atoms with Crippen LogP contribution in [0.5, 0.6) is 5.75 Å². The summed E-state index contributed by atoms with van der Waals surface area (Å²) in [5.41, 5.74) is 3.20. The summed E-state index contributed by atoms with van der Waals surface area (Å²) >= 11 is 0. The molecule has 0 unspecified atom stereocenters. The van der Waals surface area contributed by atoms with Gasteiger partial charge in [-0.3, -0.25) is 5.10 Å². The van der Waals surface area contributed by atoms with Crippen LogP contribution >= 0.6 is 0 Å². The van der Waals surface area contributed by atoms with E-state index in [1.54, 1.807) is 0 Å². The summed E-state index contributed by atoms with van der Waals surface area (Å²) in [4.78, 5) is 6.65. The minimum Gasteiger partial charge on any atom is -0.505 e. The van der Waals surface area contributed by atoms with Crippen molar-refractivity contribution in [3.63, 3.8) is 0 Å². The van der Waals surface area contributed by atoms with Gasteiger partial charge < -0.3 is 15.3 Å². The number of anilines is 1. The highest BCUT2D eigenvalue weighted by molar-refractivity contribution is 6.01. The minimum atomic E-state index is -1.39. The van der Waals surface area contributed by atoms with Crippen LogP contribution in [0.25, 0.3) is 33.4 Å². The third-order valence-corrected chi connectivity index (χ3v) is 5.95. The van der Waals surface area contributed by atoms with E-state index in [2.05, 4.69) is 31.5 Å². The molecular weight excluding hydrogens is 426 g/mol. The number of aromatic hydroxyl groups is 1. The van der Waals surface area contributed by atoms with Crippen LogP contribution in [0, 0.1) is 29.9 Å². The van der Waals surface area contributed by atoms with E-state index in [1.165, 1.54) is 6.07 Å². The number of nitrogens with one attached hydrogen (secondary N) is 2. The first-order valence-corrected chi connectivity index (χ1v) is 10.5. The van der Waals surface area contributed by atoms with Gasteiger partial charge in [-0.25, -0.2) is 9.37 Å². The maximum atomic E-state index is 14.7. The summed E-state index contributed by atoms with van der Waals surface area (Å²) in [6.07, 6.45) is 0. The molecule has 2 aromatic carbocycles. The first kappa shape index (κ1) is 20.8. The van der Waals surface area contributed by atoms with Gasteiger partial charge in [-0.05, 0) is 36.8 Å². The zero-order valence-corrected chi connectivity index (χ0v) is 17.8. The lowest BCUT2D eigenvalue weighted by molar-refractivity contribution is 0.408. The standard InChI is InChI=1S/C24H20F2N6O/c1-13-19-20(14-2-4-15(5-3-14)32-10-8-28-9-11-32)17(12-27)23(29-24(19)31-30-13)16-6-7-18(33)22(26)21(16)25/h2-7,28,33H,8-11H2,1H3,(H,29,30,31). The quantitative estimate of drug-likeness (QED) is 0.442. The van der Waals surface area contributed by atoms with E-state index in [1.807, 2.05) is 31.2 Å². The van der Waals surface area contributed by atoms with E-state index in [9.17, 15) is 19.1 Å². The summed E-state index contributed by atoms with van der Waals surface area (Å²) in [6.45, 7) is 5.45. The van der Waals surface area contributed by atoms with Gasteiger partial charge in [-0.2, -0.15) is 14.8 Å². The van der Waals surface area contributed by atoms with Crippen molar-refractivity contribution in [2.45, 2.75) is 6.92 Å². The molecule has 166 valence electrons. The molecule has 1 saturated heterocycles. The van der Waals surface area contributed by atoms with E-state index in [-0.39, 0.29) is 22.5 Å². The molecule has 2 aromatic heterocycles. The number of aromatic nitrogens is 3. The maximum absolute atomic E-state index is 14.7. The number of pyridine rings is 1. The normalized spacial score (nSPS) is 13.9. The second-order valence-electron chi connectivity index (χ2n) is 7.91. The second kappa shape index (κ2) is 8.15. The summed E-state index contributed by atoms with van der Waals surface area (Å²) < 4.78 is 28.8. The van der Waals surface area contributed by atoms with Crippen molar-refractivity contribution in [1.29, 1.82) is 5.26 Å². The fourth-order valence-corrected chi connectivity index (χ4v) is 4.28. The first-order chi connectivity index (χ1) is 16.0. The molecule has 1 fully saturated rings. The van der Waals surface area contributed by atoms with Crippen molar-refractivity contribution in [3.8, 4) is 34.2 Å².